The molecule has 1 fully saturated rings. The number of nitrogens with one attached hydrogen (secondary N) is 2. The van der Waals surface area contributed by atoms with Gasteiger partial charge in [0, 0.05) is 19.0 Å². The Kier molecular flexibility index (Phi) is 6.42. The molecule has 0 bridgehead atoms. The summed E-state index contributed by atoms with van der Waals surface area (Å²) < 4.78 is 0. The van der Waals surface area contributed by atoms with Crippen LogP contribution in [0.4, 0.5) is 0 Å². The first-order chi connectivity index (χ1) is 7.76. The molecule has 1 aliphatic heterocycles. The maximum absolute atomic E-state index is 11.6. The highest BCUT2D eigenvalue weighted by atomic mass is 16.1. The predicted molar refractivity (Wildman–Crippen MR) is 66.4 cm³/mol. The summed E-state index contributed by atoms with van der Waals surface area (Å²) in [5.41, 5.74) is 0. The van der Waals surface area contributed by atoms with Gasteiger partial charge in [0.1, 0.15) is 0 Å². The van der Waals surface area contributed by atoms with Gasteiger partial charge in [-0.05, 0) is 45.9 Å². The van der Waals surface area contributed by atoms with Crippen LogP contribution < -0.4 is 10.6 Å². The minimum Gasteiger partial charge on any atom is -0.352 e. The van der Waals surface area contributed by atoms with Crippen LogP contribution in [0.5, 0.6) is 0 Å². The fraction of sp³-hybridized carbons (Fsp3) is 0.917. The van der Waals surface area contributed by atoms with Crippen LogP contribution >= 0.6 is 0 Å². The van der Waals surface area contributed by atoms with Gasteiger partial charge in [0.15, 0.2) is 0 Å². The first kappa shape index (κ1) is 13.5. The molecule has 1 amide bonds. The number of carbonyl (C=O) groups excluding carboxylic acids is 1. The van der Waals surface area contributed by atoms with Crippen molar-refractivity contribution in [2.45, 2.75) is 38.6 Å². The smallest absolute Gasteiger partial charge is 0.220 e. The molecule has 1 saturated heterocycles. The number of hydrogen-bond donors (Lipinski definition) is 2. The van der Waals surface area contributed by atoms with Crippen LogP contribution in [-0.4, -0.2) is 50.1 Å². The normalized spacial score (nSPS) is 22.0. The molecule has 0 aromatic carbocycles. The number of piperidine rings is 1. The molecule has 0 spiro atoms. The summed E-state index contributed by atoms with van der Waals surface area (Å²) in [6.07, 6.45) is 3.90. The average molecular weight is 227 g/mol. The molecule has 0 saturated carbocycles. The second-order valence-corrected chi connectivity index (χ2v) is 4.51. The highest BCUT2D eigenvalue weighted by Gasteiger charge is 2.19. The quantitative estimate of drug-likeness (QED) is 0.653. The van der Waals surface area contributed by atoms with E-state index in [1.165, 1.54) is 13.0 Å². The summed E-state index contributed by atoms with van der Waals surface area (Å²) in [5.74, 6) is 0.207. The number of carbonyl (C=O) groups is 1. The van der Waals surface area contributed by atoms with Crippen LogP contribution in [-0.2, 0) is 4.79 Å². The lowest BCUT2D eigenvalue weighted by atomic mass is 10.1. The van der Waals surface area contributed by atoms with Gasteiger partial charge < -0.3 is 15.5 Å². The molecule has 94 valence electrons. The number of rotatable bonds is 6. The lowest BCUT2D eigenvalue weighted by Crippen LogP contribution is -2.47. The molecule has 4 heteroatoms. The van der Waals surface area contributed by atoms with Gasteiger partial charge in [-0.3, -0.25) is 4.79 Å². The molecule has 0 radical (unpaired) electrons. The third-order valence-electron chi connectivity index (χ3n) is 3.15. The number of hydrogen-bond acceptors (Lipinski definition) is 3. The van der Waals surface area contributed by atoms with Crippen molar-refractivity contribution >= 4 is 5.91 Å². The van der Waals surface area contributed by atoms with E-state index in [0.29, 0.717) is 12.5 Å². The lowest BCUT2D eigenvalue weighted by Gasteiger charge is -2.32. The number of nitrogens with zero attached hydrogens (tertiary/aromatic N) is 1. The monoisotopic (exact) mass is 227 g/mol. The molecule has 1 heterocycles. The zero-order valence-corrected chi connectivity index (χ0v) is 10.6. The van der Waals surface area contributed by atoms with Crippen molar-refractivity contribution in [3.63, 3.8) is 0 Å². The zero-order chi connectivity index (χ0) is 11.8. The molecule has 4 nitrogen and oxygen atoms in total. The van der Waals surface area contributed by atoms with Crippen LogP contribution in [0, 0.1) is 0 Å². The third-order valence-corrected chi connectivity index (χ3v) is 3.15. The number of likely N-dealkylation sites (N-methyl/N-ethyl adjacent to an activating group) is 1. The summed E-state index contributed by atoms with van der Waals surface area (Å²) >= 11 is 0. The molecule has 1 atom stereocenters. The van der Waals surface area contributed by atoms with E-state index >= 15 is 0 Å². The first-order valence-electron chi connectivity index (χ1n) is 6.42. The summed E-state index contributed by atoms with van der Waals surface area (Å²) in [4.78, 5) is 14.0. The van der Waals surface area contributed by atoms with Gasteiger partial charge in [-0.25, -0.2) is 0 Å². The number of amides is 1. The van der Waals surface area contributed by atoms with E-state index in [2.05, 4.69) is 22.5 Å². The Hall–Kier alpha value is -0.610. The van der Waals surface area contributed by atoms with Crippen LogP contribution in [0.1, 0.15) is 32.6 Å². The van der Waals surface area contributed by atoms with Crippen molar-refractivity contribution in [2.75, 3.05) is 33.2 Å². The molecular formula is C12H25N3O. The van der Waals surface area contributed by atoms with E-state index in [1.54, 1.807) is 0 Å². The Bertz CT molecular complexity index is 208. The summed E-state index contributed by atoms with van der Waals surface area (Å²) in [5, 5.41) is 6.19. The van der Waals surface area contributed by atoms with Crippen molar-refractivity contribution in [3.05, 3.63) is 0 Å². The fourth-order valence-electron chi connectivity index (χ4n) is 2.19. The van der Waals surface area contributed by atoms with Gasteiger partial charge in [-0.15, -0.1) is 0 Å². The summed E-state index contributed by atoms with van der Waals surface area (Å²) in [6, 6.07) is 0.371. The molecule has 0 aliphatic carbocycles. The Morgan fingerprint density at radius 1 is 1.50 bits per heavy atom. The van der Waals surface area contributed by atoms with Crippen molar-refractivity contribution in [1.82, 2.24) is 15.5 Å². The van der Waals surface area contributed by atoms with Gasteiger partial charge in [-0.2, -0.15) is 0 Å². The van der Waals surface area contributed by atoms with Crippen molar-refractivity contribution in [1.29, 1.82) is 0 Å². The fourth-order valence-corrected chi connectivity index (χ4v) is 2.19. The van der Waals surface area contributed by atoms with Gasteiger partial charge in [0.2, 0.25) is 5.91 Å². The topological polar surface area (TPSA) is 44.4 Å². The maximum Gasteiger partial charge on any atom is 0.220 e. The second-order valence-electron chi connectivity index (χ2n) is 4.51. The molecule has 0 aromatic rings. The van der Waals surface area contributed by atoms with Gasteiger partial charge in [-0.1, -0.05) is 6.92 Å². The highest BCUT2D eigenvalue weighted by Crippen LogP contribution is 2.09. The minimum atomic E-state index is 0.207. The Morgan fingerprint density at radius 2 is 2.31 bits per heavy atom. The van der Waals surface area contributed by atoms with Crippen LogP contribution in [0.3, 0.4) is 0 Å². The Labute approximate surface area is 98.8 Å². The Morgan fingerprint density at radius 3 is 3.00 bits per heavy atom. The van der Waals surface area contributed by atoms with E-state index in [0.717, 1.165) is 32.5 Å². The molecule has 0 aromatic heterocycles. The van der Waals surface area contributed by atoms with Crippen molar-refractivity contribution < 1.29 is 4.79 Å². The summed E-state index contributed by atoms with van der Waals surface area (Å²) in [7, 11) is 1.91. The van der Waals surface area contributed by atoms with E-state index in [1.807, 2.05) is 7.05 Å². The predicted octanol–water partition coefficient (Wildman–Crippen LogP) is 0.587. The second kappa shape index (κ2) is 7.63. The van der Waals surface area contributed by atoms with E-state index in [4.69, 9.17) is 0 Å². The molecule has 1 unspecified atom stereocenters. The van der Waals surface area contributed by atoms with E-state index in [-0.39, 0.29) is 5.91 Å². The van der Waals surface area contributed by atoms with Crippen molar-refractivity contribution in [2.24, 2.45) is 0 Å². The van der Waals surface area contributed by atoms with Crippen LogP contribution in [0.25, 0.3) is 0 Å². The molecule has 1 aliphatic rings. The first-order valence-corrected chi connectivity index (χ1v) is 6.42. The van der Waals surface area contributed by atoms with E-state index in [9.17, 15) is 4.79 Å². The van der Waals surface area contributed by atoms with Crippen LogP contribution in [0.15, 0.2) is 0 Å². The SMILES string of the molecule is CCN1CCCC(NC(=O)CCCNC)C1. The van der Waals surface area contributed by atoms with Crippen molar-refractivity contribution in [3.8, 4) is 0 Å². The average Bonchev–Trinajstić information content (AvgIpc) is 2.29. The van der Waals surface area contributed by atoms with E-state index < -0.39 is 0 Å². The lowest BCUT2D eigenvalue weighted by molar-refractivity contribution is -0.122. The third kappa shape index (κ3) is 4.94. The largest absolute Gasteiger partial charge is 0.352 e. The van der Waals surface area contributed by atoms with Gasteiger partial charge in [0.05, 0.1) is 0 Å². The molecule has 1 rings (SSSR count). The standard InChI is InChI=1S/C12H25N3O/c1-3-15-9-5-6-11(10-15)14-12(16)7-4-8-13-2/h11,13H,3-10H2,1-2H3,(H,14,16). The van der Waals surface area contributed by atoms with Crippen LogP contribution in [0.2, 0.25) is 0 Å². The zero-order valence-electron chi connectivity index (χ0n) is 10.6. The number of likely N-dealkylation sites (tertiary alicyclic amines) is 1. The highest BCUT2D eigenvalue weighted by molar-refractivity contribution is 5.76. The minimum absolute atomic E-state index is 0.207. The molecule has 16 heavy (non-hydrogen) atoms. The van der Waals surface area contributed by atoms with Gasteiger partial charge in [0.25, 0.3) is 0 Å². The Balaban J connectivity index is 2.17. The summed E-state index contributed by atoms with van der Waals surface area (Å²) in [6.45, 7) is 6.39. The maximum atomic E-state index is 11.6. The molecule has 2 N–H and O–H groups in total. The molecular weight excluding hydrogens is 202 g/mol. The van der Waals surface area contributed by atoms with Gasteiger partial charge >= 0.3 is 0 Å².